The number of unbranched alkanes of at least 4 members (excludes halogenated alkanes) is 38. The number of amides is 1. The molecule has 0 fully saturated rings. The molecule has 4 N–H and O–H groups in total. The highest BCUT2D eigenvalue weighted by molar-refractivity contribution is 7.85. The number of allylic oxidation sites excluding steroid dienone is 1. The summed E-state index contributed by atoms with van der Waals surface area (Å²) < 4.78 is 32.7. The van der Waals surface area contributed by atoms with Crippen molar-refractivity contribution < 1.29 is 28.0 Å². The van der Waals surface area contributed by atoms with Crippen LogP contribution >= 0.6 is 0 Å². The first kappa shape index (κ1) is 57.0. The van der Waals surface area contributed by atoms with E-state index in [1.807, 2.05) is 6.08 Å². The number of rotatable bonds is 47. The Morgan fingerprint density at radius 2 is 0.741 bits per heavy atom. The standard InChI is InChI=1S/C50H99NO6S/c1-3-5-7-9-11-13-15-17-19-21-23-25-27-29-31-33-35-37-39-41-43-45-49(53)50(54)51-47(46-58(55,56)57)48(52)44-42-40-38-36-34-32-30-28-26-24-22-20-18-16-14-12-10-8-6-4-2/h42,44,47-49,52-53H,3-41,43,45-46H2,1-2H3,(H,51,54)(H,55,56,57)/b44-42+. The van der Waals surface area contributed by atoms with Crippen molar-refractivity contribution in [3.8, 4) is 0 Å². The van der Waals surface area contributed by atoms with Crippen molar-refractivity contribution in [1.29, 1.82) is 0 Å². The van der Waals surface area contributed by atoms with Gasteiger partial charge in [0.25, 0.3) is 10.1 Å². The van der Waals surface area contributed by atoms with Gasteiger partial charge in [0.2, 0.25) is 5.91 Å². The van der Waals surface area contributed by atoms with E-state index in [0.29, 0.717) is 6.42 Å². The lowest BCUT2D eigenvalue weighted by Crippen LogP contribution is -2.50. The number of carbonyl (C=O) groups excluding carboxylic acids is 1. The quantitative estimate of drug-likeness (QED) is 0.0275. The Bertz CT molecular complexity index is 989. The summed E-state index contributed by atoms with van der Waals surface area (Å²) in [7, 11) is -4.44. The van der Waals surface area contributed by atoms with Crippen molar-refractivity contribution >= 4 is 16.0 Å². The maximum Gasteiger partial charge on any atom is 0.267 e. The molecule has 0 saturated carbocycles. The van der Waals surface area contributed by atoms with Gasteiger partial charge < -0.3 is 15.5 Å². The van der Waals surface area contributed by atoms with E-state index >= 15 is 0 Å². The van der Waals surface area contributed by atoms with E-state index in [1.165, 1.54) is 218 Å². The largest absolute Gasteiger partial charge is 0.387 e. The van der Waals surface area contributed by atoms with Crippen LogP contribution in [0, 0.1) is 0 Å². The second-order valence-electron chi connectivity index (χ2n) is 18.0. The van der Waals surface area contributed by atoms with Crippen LogP contribution in [0.4, 0.5) is 0 Å². The van der Waals surface area contributed by atoms with Gasteiger partial charge in [-0.05, 0) is 19.3 Å². The van der Waals surface area contributed by atoms with Gasteiger partial charge in [-0.25, -0.2) is 0 Å². The summed E-state index contributed by atoms with van der Waals surface area (Å²) in [5, 5.41) is 23.6. The van der Waals surface area contributed by atoms with E-state index in [1.54, 1.807) is 0 Å². The first-order valence-electron chi connectivity index (χ1n) is 25.5. The van der Waals surface area contributed by atoms with Crippen LogP contribution in [0.1, 0.15) is 277 Å². The minimum atomic E-state index is -4.44. The zero-order valence-electron chi connectivity index (χ0n) is 38.6. The van der Waals surface area contributed by atoms with Crippen molar-refractivity contribution in [1.82, 2.24) is 5.32 Å². The topological polar surface area (TPSA) is 124 Å². The Labute approximate surface area is 361 Å². The van der Waals surface area contributed by atoms with Gasteiger partial charge in [-0.15, -0.1) is 0 Å². The van der Waals surface area contributed by atoms with Crippen molar-refractivity contribution in [2.75, 3.05) is 5.75 Å². The van der Waals surface area contributed by atoms with E-state index < -0.39 is 40.0 Å². The summed E-state index contributed by atoms with van der Waals surface area (Å²) in [6.45, 7) is 4.55. The molecule has 0 spiro atoms. The van der Waals surface area contributed by atoms with Crippen LogP contribution < -0.4 is 5.32 Å². The highest BCUT2D eigenvalue weighted by atomic mass is 32.2. The number of nitrogens with one attached hydrogen (secondary N) is 1. The monoisotopic (exact) mass is 842 g/mol. The first-order chi connectivity index (χ1) is 28.2. The van der Waals surface area contributed by atoms with Gasteiger partial charge >= 0.3 is 0 Å². The van der Waals surface area contributed by atoms with E-state index in [9.17, 15) is 28.0 Å². The molecule has 346 valence electrons. The van der Waals surface area contributed by atoms with Crippen molar-refractivity contribution in [3.63, 3.8) is 0 Å². The molecule has 0 aromatic rings. The molecule has 8 heteroatoms. The average molecular weight is 842 g/mol. The molecular formula is C50H99NO6S. The molecule has 7 nitrogen and oxygen atoms in total. The molecular weight excluding hydrogens is 743 g/mol. The molecule has 3 unspecified atom stereocenters. The van der Waals surface area contributed by atoms with Gasteiger partial charge in [0, 0.05) is 0 Å². The zero-order chi connectivity index (χ0) is 42.6. The Hall–Kier alpha value is -0.960. The normalized spacial score (nSPS) is 13.7. The minimum absolute atomic E-state index is 0.286. The van der Waals surface area contributed by atoms with Gasteiger partial charge in [0.1, 0.15) is 6.10 Å². The summed E-state index contributed by atoms with van der Waals surface area (Å²) in [6, 6.07) is -1.23. The molecule has 0 heterocycles. The Kier molecular flexibility index (Phi) is 43.4. The lowest BCUT2D eigenvalue weighted by Gasteiger charge is -2.22. The van der Waals surface area contributed by atoms with Gasteiger partial charge in [0.15, 0.2) is 0 Å². The lowest BCUT2D eigenvalue weighted by atomic mass is 10.0. The van der Waals surface area contributed by atoms with Crippen LogP contribution in [0.2, 0.25) is 0 Å². The predicted octanol–water partition coefficient (Wildman–Crippen LogP) is 14.7. The summed E-state index contributed by atoms with van der Waals surface area (Å²) in [5.41, 5.74) is 0. The second kappa shape index (κ2) is 44.1. The molecule has 0 bridgehead atoms. The summed E-state index contributed by atoms with van der Waals surface area (Å²) in [4.78, 5) is 12.7. The number of aliphatic hydroxyl groups excluding tert-OH is 2. The van der Waals surface area contributed by atoms with E-state index in [2.05, 4.69) is 19.2 Å². The van der Waals surface area contributed by atoms with Gasteiger partial charge in [0.05, 0.1) is 17.9 Å². The Morgan fingerprint density at radius 1 is 0.466 bits per heavy atom. The van der Waals surface area contributed by atoms with E-state index in [0.717, 1.165) is 38.5 Å². The Balaban J connectivity index is 3.86. The molecule has 3 atom stereocenters. The molecule has 0 saturated heterocycles. The van der Waals surface area contributed by atoms with Crippen LogP contribution in [0.25, 0.3) is 0 Å². The lowest BCUT2D eigenvalue weighted by molar-refractivity contribution is -0.130. The van der Waals surface area contributed by atoms with Gasteiger partial charge in [-0.2, -0.15) is 8.42 Å². The van der Waals surface area contributed by atoms with Gasteiger partial charge in [-0.1, -0.05) is 270 Å². The maximum absolute atomic E-state index is 12.7. The highest BCUT2D eigenvalue weighted by Gasteiger charge is 2.27. The second-order valence-corrected chi connectivity index (χ2v) is 19.5. The third-order valence-electron chi connectivity index (χ3n) is 12.1. The van der Waals surface area contributed by atoms with Crippen molar-refractivity contribution in [2.24, 2.45) is 0 Å². The number of aliphatic hydroxyl groups is 2. The summed E-state index contributed by atoms with van der Waals surface area (Å²) >= 11 is 0. The fourth-order valence-corrected chi connectivity index (χ4v) is 8.90. The zero-order valence-corrected chi connectivity index (χ0v) is 39.4. The Morgan fingerprint density at radius 3 is 1.03 bits per heavy atom. The molecule has 0 aromatic carbocycles. The smallest absolute Gasteiger partial charge is 0.267 e. The number of hydrogen-bond donors (Lipinski definition) is 4. The van der Waals surface area contributed by atoms with E-state index in [4.69, 9.17) is 0 Å². The van der Waals surface area contributed by atoms with Crippen LogP contribution in [-0.4, -0.2) is 53.1 Å². The molecule has 0 rings (SSSR count). The fraction of sp³-hybridized carbons (Fsp3) is 0.940. The number of hydrogen-bond acceptors (Lipinski definition) is 5. The van der Waals surface area contributed by atoms with Crippen LogP contribution in [0.15, 0.2) is 12.2 Å². The SMILES string of the molecule is CCCCCCCCCCCCCCCCCCCC/C=C/C(O)C(CS(=O)(=O)O)NC(=O)C(O)CCCCCCCCCCCCCCCCCCCCCCC. The maximum atomic E-state index is 12.7. The van der Waals surface area contributed by atoms with Gasteiger partial charge in [-0.3, -0.25) is 9.35 Å². The van der Waals surface area contributed by atoms with Crippen LogP contribution in [0.5, 0.6) is 0 Å². The average Bonchev–Trinajstić information content (AvgIpc) is 3.19. The molecule has 0 radical (unpaired) electrons. The molecule has 58 heavy (non-hydrogen) atoms. The fourth-order valence-electron chi connectivity index (χ4n) is 8.17. The van der Waals surface area contributed by atoms with Crippen LogP contribution in [-0.2, 0) is 14.9 Å². The van der Waals surface area contributed by atoms with E-state index in [-0.39, 0.29) is 6.42 Å². The molecule has 1 amide bonds. The summed E-state index contributed by atoms with van der Waals surface area (Å²) in [5.74, 6) is -1.52. The third kappa shape index (κ3) is 43.1. The van der Waals surface area contributed by atoms with Crippen molar-refractivity contribution in [3.05, 3.63) is 12.2 Å². The molecule has 0 aromatic heterocycles. The van der Waals surface area contributed by atoms with Crippen LogP contribution in [0.3, 0.4) is 0 Å². The molecule has 0 aliphatic rings. The first-order valence-corrected chi connectivity index (χ1v) is 27.1. The number of carbonyl (C=O) groups is 1. The predicted molar refractivity (Wildman–Crippen MR) is 250 cm³/mol. The third-order valence-corrected chi connectivity index (χ3v) is 12.9. The summed E-state index contributed by atoms with van der Waals surface area (Å²) in [6.07, 6.45) is 52.8. The molecule has 0 aliphatic heterocycles. The molecule has 0 aliphatic carbocycles. The highest BCUT2D eigenvalue weighted by Crippen LogP contribution is 2.17. The van der Waals surface area contributed by atoms with Crippen molar-refractivity contribution in [2.45, 2.75) is 295 Å². The minimum Gasteiger partial charge on any atom is -0.387 e.